The number of halogens is 3. The summed E-state index contributed by atoms with van der Waals surface area (Å²) in [5.41, 5.74) is 3.68. The van der Waals surface area contributed by atoms with Gasteiger partial charge in [-0.05, 0) is 31.5 Å². The Hall–Kier alpha value is -2.18. The van der Waals surface area contributed by atoms with Crippen molar-refractivity contribution in [2.75, 3.05) is 5.32 Å². The lowest BCUT2D eigenvalue weighted by atomic mass is 10.2. The normalized spacial score (nSPS) is 11.5. The number of ether oxygens (including phenoxy) is 1. The number of aryl methyl sites for hydroxylation is 2. The molecule has 2 rings (SSSR count). The van der Waals surface area contributed by atoms with E-state index in [1.54, 1.807) is 16.8 Å². The minimum absolute atomic E-state index is 0.222. The Morgan fingerprint density at radius 3 is 2.29 bits per heavy atom. The van der Waals surface area contributed by atoms with E-state index in [2.05, 4.69) is 15.2 Å². The van der Waals surface area contributed by atoms with E-state index >= 15 is 0 Å². The van der Waals surface area contributed by atoms with Gasteiger partial charge in [-0.2, -0.15) is 5.10 Å². The Morgan fingerprint density at radius 2 is 1.81 bits per heavy atom. The van der Waals surface area contributed by atoms with Crippen LogP contribution in [0.3, 0.4) is 0 Å². The molecule has 0 saturated heterocycles. The average Bonchev–Trinajstić information content (AvgIpc) is 2.61. The van der Waals surface area contributed by atoms with Crippen LogP contribution >= 0.6 is 0 Å². The zero-order valence-electron chi connectivity index (χ0n) is 12.0. The molecule has 0 fully saturated rings. The van der Waals surface area contributed by atoms with Crippen molar-refractivity contribution in [1.29, 1.82) is 0 Å². The van der Waals surface area contributed by atoms with Crippen LogP contribution in [-0.4, -0.2) is 16.1 Å². The summed E-state index contributed by atoms with van der Waals surface area (Å²) >= 11 is 0. The van der Waals surface area contributed by atoms with Gasteiger partial charge in [0.05, 0.1) is 17.1 Å². The number of aromatic nitrogens is 2. The van der Waals surface area contributed by atoms with Crippen LogP contribution in [-0.2, 0) is 13.6 Å². The first-order valence-electron chi connectivity index (χ1n) is 6.35. The molecule has 4 nitrogen and oxygen atoms in total. The number of alkyl halides is 3. The van der Waals surface area contributed by atoms with E-state index in [4.69, 9.17) is 0 Å². The fourth-order valence-corrected chi connectivity index (χ4v) is 2.03. The number of nitrogens with one attached hydrogen (secondary N) is 1. The smallest absolute Gasteiger partial charge is 0.406 e. The van der Waals surface area contributed by atoms with E-state index in [9.17, 15) is 13.2 Å². The largest absolute Gasteiger partial charge is 0.573 e. The van der Waals surface area contributed by atoms with Crippen molar-refractivity contribution >= 4 is 5.69 Å². The molecular formula is C14H16F3N3O. The maximum absolute atomic E-state index is 12.1. The number of nitrogens with zero attached hydrogens (tertiary/aromatic N) is 2. The van der Waals surface area contributed by atoms with Crippen molar-refractivity contribution in [3.8, 4) is 5.75 Å². The first kappa shape index (κ1) is 15.2. The fraction of sp³-hybridized carbons (Fsp3) is 0.357. The third-order valence-corrected chi connectivity index (χ3v) is 3.14. The van der Waals surface area contributed by atoms with E-state index in [-0.39, 0.29) is 5.75 Å². The second-order valence-electron chi connectivity index (χ2n) is 4.71. The molecule has 2 aromatic rings. The Labute approximate surface area is 120 Å². The third kappa shape index (κ3) is 3.90. The fourth-order valence-electron chi connectivity index (χ4n) is 2.03. The lowest BCUT2D eigenvalue weighted by Crippen LogP contribution is -2.17. The van der Waals surface area contributed by atoms with Gasteiger partial charge in [0.1, 0.15) is 5.75 Å². The molecule has 0 atom stereocenters. The van der Waals surface area contributed by atoms with Crippen LogP contribution in [0.1, 0.15) is 17.0 Å². The van der Waals surface area contributed by atoms with Crippen molar-refractivity contribution < 1.29 is 17.9 Å². The molecular weight excluding hydrogens is 283 g/mol. The predicted molar refractivity (Wildman–Crippen MR) is 73.1 cm³/mol. The van der Waals surface area contributed by atoms with Gasteiger partial charge in [0.2, 0.25) is 0 Å². The van der Waals surface area contributed by atoms with Crippen LogP contribution in [0.2, 0.25) is 0 Å². The van der Waals surface area contributed by atoms with Crippen LogP contribution in [0.5, 0.6) is 5.75 Å². The molecule has 21 heavy (non-hydrogen) atoms. The summed E-state index contributed by atoms with van der Waals surface area (Å²) in [6.07, 6.45) is -4.66. The predicted octanol–water partition coefficient (Wildman–Crippen LogP) is 3.55. The summed E-state index contributed by atoms with van der Waals surface area (Å²) in [4.78, 5) is 0. The van der Waals surface area contributed by atoms with Gasteiger partial charge < -0.3 is 10.1 Å². The molecule has 0 aliphatic heterocycles. The van der Waals surface area contributed by atoms with Crippen LogP contribution in [0, 0.1) is 13.8 Å². The number of anilines is 1. The molecule has 1 aromatic heterocycles. The molecule has 1 heterocycles. The summed E-state index contributed by atoms with van der Waals surface area (Å²) in [5, 5.41) is 7.53. The summed E-state index contributed by atoms with van der Waals surface area (Å²) in [6.45, 7) is 4.35. The van der Waals surface area contributed by atoms with Crippen LogP contribution in [0.4, 0.5) is 18.9 Å². The highest BCUT2D eigenvalue weighted by atomic mass is 19.4. The zero-order valence-corrected chi connectivity index (χ0v) is 12.0. The molecule has 0 spiro atoms. The number of rotatable bonds is 4. The van der Waals surface area contributed by atoms with E-state index in [0.717, 1.165) is 22.6 Å². The van der Waals surface area contributed by atoms with Crippen molar-refractivity contribution in [3.63, 3.8) is 0 Å². The van der Waals surface area contributed by atoms with E-state index in [1.165, 1.54) is 12.1 Å². The molecule has 0 unspecified atom stereocenters. The topological polar surface area (TPSA) is 39.1 Å². The first-order valence-corrected chi connectivity index (χ1v) is 6.35. The molecule has 114 valence electrons. The Kier molecular flexibility index (Phi) is 4.11. The maximum Gasteiger partial charge on any atom is 0.573 e. The van der Waals surface area contributed by atoms with Gasteiger partial charge in [0.15, 0.2) is 0 Å². The Morgan fingerprint density at radius 1 is 1.19 bits per heavy atom. The molecule has 0 saturated carbocycles. The van der Waals surface area contributed by atoms with Gasteiger partial charge in [0, 0.05) is 13.6 Å². The van der Waals surface area contributed by atoms with Gasteiger partial charge in [0.25, 0.3) is 0 Å². The highest BCUT2D eigenvalue weighted by Gasteiger charge is 2.30. The van der Waals surface area contributed by atoms with Crippen molar-refractivity contribution in [2.24, 2.45) is 7.05 Å². The summed E-state index contributed by atoms with van der Waals surface area (Å²) in [5.74, 6) is -0.222. The molecule has 0 bridgehead atoms. The monoisotopic (exact) mass is 299 g/mol. The first-order chi connectivity index (χ1) is 9.76. The standard InChI is InChI=1S/C14H16F3N3O/c1-9-13(10(2)20(3)19-9)18-8-11-4-6-12(7-5-11)21-14(15,16)17/h4-7,18H,8H2,1-3H3. The van der Waals surface area contributed by atoms with Crippen molar-refractivity contribution in [3.05, 3.63) is 41.2 Å². The molecule has 7 heteroatoms. The quantitative estimate of drug-likeness (QED) is 0.938. The highest BCUT2D eigenvalue weighted by Crippen LogP contribution is 2.23. The number of benzene rings is 1. The number of hydrogen-bond acceptors (Lipinski definition) is 3. The van der Waals surface area contributed by atoms with Crippen molar-refractivity contribution in [2.45, 2.75) is 26.8 Å². The van der Waals surface area contributed by atoms with E-state index in [1.807, 2.05) is 20.9 Å². The van der Waals surface area contributed by atoms with E-state index in [0.29, 0.717) is 6.54 Å². The van der Waals surface area contributed by atoms with Crippen molar-refractivity contribution in [1.82, 2.24) is 9.78 Å². The van der Waals surface area contributed by atoms with Gasteiger partial charge in [-0.3, -0.25) is 4.68 Å². The van der Waals surface area contributed by atoms with E-state index < -0.39 is 6.36 Å². The summed E-state index contributed by atoms with van der Waals surface area (Å²) < 4.78 is 41.8. The molecule has 0 amide bonds. The SMILES string of the molecule is Cc1nn(C)c(C)c1NCc1ccc(OC(F)(F)F)cc1. The third-order valence-electron chi connectivity index (χ3n) is 3.14. The summed E-state index contributed by atoms with van der Waals surface area (Å²) in [6, 6.07) is 5.78. The Bertz CT molecular complexity index is 618. The average molecular weight is 299 g/mol. The zero-order chi connectivity index (χ0) is 15.6. The second kappa shape index (κ2) is 5.67. The molecule has 1 aromatic carbocycles. The van der Waals surface area contributed by atoms with Crippen LogP contribution in [0.15, 0.2) is 24.3 Å². The number of hydrogen-bond donors (Lipinski definition) is 1. The van der Waals surface area contributed by atoms with Gasteiger partial charge in [-0.25, -0.2) is 0 Å². The van der Waals surface area contributed by atoms with Gasteiger partial charge in [-0.1, -0.05) is 12.1 Å². The minimum atomic E-state index is -4.66. The molecule has 0 aliphatic rings. The van der Waals surface area contributed by atoms with Gasteiger partial charge >= 0.3 is 6.36 Å². The minimum Gasteiger partial charge on any atom is -0.406 e. The van der Waals surface area contributed by atoms with Gasteiger partial charge in [-0.15, -0.1) is 13.2 Å². The molecule has 0 radical (unpaired) electrons. The second-order valence-corrected chi connectivity index (χ2v) is 4.71. The van der Waals surface area contributed by atoms with Crippen LogP contribution in [0.25, 0.3) is 0 Å². The molecule has 0 aliphatic carbocycles. The molecule has 1 N–H and O–H groups in total. The lowest BCUT2D eigenvalue weighted by Gasteiger charge is -2.10. The van der Waals surface area contributed by atoms with Crippen LogP contribution < -0.4 is 10.1 Å². The summed E-state index contributed by atoms with van der Waals surface area (Å²) in [7, 11) is 1.86. The maximum atomic E-state index is 12.1. The lowest BCUT2D eigenvalue weighted by molar-refractivity contribution is -0.274. The highest BCUT2D eigenvalue weighted by molar-refractivity contribution is 5.52. The Balaban J connectivity index is 2.01.